The van der Waals surface area contributed by atoms with Crippen LogP contribution in [-0.2, 0) is 0 Å². The van der Waals surface area contributed by atoms with Gasteiger partial charge in [-0.2, -0.15) is 0 Å². The SMILES string of the molecule is O=C(c1sccc1Cl)N1CCCCC1CCBr. The molecule has 1 atom stereocenters. The molecule has 0 radical (unpaired) electrons. The first kappa shape index (κ1) is 13.4. The maximum atomic E-state index is 12.4. The third kappa shape index (κ3) is 3.04. The van der Waals surface area contributed by atoms with Gasteiger partial charge in [0.2, 0.25) is 0 Å². The normalized spacial score (nSPS) is 20.6. The van der Waals surface area contributed by atoms with E-state index in [-0.39, 0.29) is 5.91 Å². The lowest BCUT2D eigenvalue weighted by Gasteiger charge is -2.35. The van der Waals surface area contributed by atoms with E-state index in [4.69, 9.17) is 11.6 Å². The van der Waals surface area contributed by atoms with Gasteiger partial charge in [-0.3, -0.25) is 4.79 Å². The van der Waals surface area contributed by atoms with Crippen LogP contribution in [0.3, 0.4) is 0 Å². The lowest BCUT2D eigenvalue weighted by Crippen LogP contribution is -2.43. The molecule has 0 saturated carbocycles. The van der Waals surface area contributed by atoms with Gasteiger partial charge in [-0.25, -0.2) is 0 Å². The van der Waals surface area contributed by atoms with Crippen LogP contribution in [0, 0.1) is 0 Å². The third-order valence-corrected chi connectivity index (χ3v) is 4.93. The molecule has 94 valence electrons. The molecule has 1 aromatic rings. The monoisotopic (exact) mass is 335 g/mol. The highest BCUT2D eigenvalue weighted by Gasteiger charge is 2.28. The van der Waals surface area contributed by atoms with E-state index in [0.717, 1.165) is 31.1 Å². The van der Waals surface area contributed by atoms with Crippen molar-refractivity contribution < 1.29 is 4.79 Å². The fourth-order valence-corrected chi connectivity index (χ4v) is 3.89. The summed E-state index contributed by atoms with van der Waals surface area (Å²) in [5.74, 6) is 0.107. The Kier molecular flexibility index (Phi) is 4.88. The number of alkyl halides is 1. The van der Waals surface area contributed by atoms with Gasteiger partial charge in [0.1, 0.15) is 4.88 Å². The van der Waals surface area contributed by atoms with Gasteiger partial charge in [-0.05, 0) is 37.1 Å². The van der Waals surface area contributed by atoms with Gasteiger partial charge in [-0.1, -0.05) is 27.5 Å². The van der Waals surface area contributed by atoms with Crippen molar-refractivity contribution in [3.05, 3.63) is 21.3 Å². The molecular formula is C12H15BrClNOS. The summed E-state index contributed by atoms with van der Waals surface area (Å²) in [5, 5.41) is 3.40. The van der Waals surface area contributed by atoms with Crippen molar-refractivity contribution in [2.75, 3.05) is 11.9 Å². The Balaban J connectivity index is 2.14. The number of halogens is 2. The maximum absolute atomic E-state index is 12.4. The van der Waals surface area contributed by atoms with Crippen LogP contribution in [0.2, 0.25) is 5.02 Å². The first-order chi connectivity index (χ1) is 8.24. The second-order valence-corrected chi connectivity index (χ2v) is 6.34. The summed E-state index contributed by atoms with van der Waals surface area (Å²) in [6.07, 6.45) is 4.46. The number of hydrogen-bond donors (Lipinski definition) is 0. The number of thiophene rings is 1. The smallest absolute Gasteiger partial charge is 0.265 e. The molecule has 0 bridgehead atoms. The Morgan fingerprint density at radius 1 is 1.59 bits per heavy atom. The van der Waals surface area contributed by atoms with Crippen LogP contribution in [-0.4, -0.2) is 28.7 Å². The van der Waals surface area contributed by atoms with Crippen molar-refractivity contribution in [1.29, 1.82) is 0 Å². The Bertz CT molecular complexity index is 394. The average Bonchev–Trinajstić information content (AvgIpc) is 2.76. The van der Waals surface area contributed by atoms with Crippen molar-refractivity contribution in [3.63, 3.8) is 0 Å². The fraction of sp³-hybridized carbons (Fsp3) is 0.583. The quantitative estimate of drug-likeness (QED) is 0.758. The lowest BCUT2D eigenvalue weighted by atomic mass is 10.00. The molecule has 2 rings (SSSR count). The molecule has 0 N–H and O–H groups in total. The van der Waals surface area contributed by atoms with E-state index >= 15 is 0 Å². The molecule has 0 aliphatic carbocycles. The zero-order valence-corrected chi connectivity index (χ0v) is 12.7. The van der Waals surface area contributed by atoms with Gasteiger partial charge < -0.3 is 4.90 Å². The summed E-state index contributed by atoms with van der Waals surface area (Å²) in [4.78, 5) is 15.1. The summed E-state index contributed by atoms with van der Waals surface area (Å²) in [5.41, 5.74) is 0. The zero-order valence-electron chi connectivity index (χ0n) is 9.49. The topological polar surface area (TPSA) is 20.3 Å². The zero-order chi connectivity index (χ0) is 12.3. The molecule has 5 heteroatoms. The fourth-order valence-electron chi connectivity index (χ4n) is 2.27. The van der Waals surface area contributed by atoms with E-state index in [9.17, 15) is 4.79 Å². The molecule has 1 aliphatic rings. The number of nitrogens with zero attached hydrogens (tertiary/aromatic N) is 1. The number of piperidine rings is 1. The van der Waals surface area contributed by atoms with Crippen molar-refractivity contribution in [2.24, 2.45) is 0 Å². The highest BCUT2D eigenvalue weighted by Crippen LogP contribution is 2.28. The number of hydrogen-bond acceptors (Lipinski definition) is 2. The van der Waals surface area contributed by atoms with Crippen LogP contribution in [0.1, 0.15) is 35.4 Å². The Labute approximate surface area is 119 Å². The number of carbonyl (C=O) groups is 1. The summed E-state index contributed by atoms with van der Waals surface area (Å²) in [6, 6.07) is 2.16. The van der Waals surface area contributed by atoms with Crippen LogP contribution in [0.25, 0.3) is 0 Å². The van der Waals surface area contributed by atoms with Gasteiger partial charge in [0.15, 0.2) is 0 Å². The predicted molar refractivity (Wildman–Crippen MR) is 76.4 cm³/mol. The second kappa shape index (κ2) is 6.21. The van der Waals surface area contributed by atoms with Gasteiger partial charge in [0.05, 0.1) is 5.02 Å². The summed E-state index contributed by atoms with van der Waals surface area (Å²) >= 11 is 10.9. The molecule has 0 spiro atoms. The number of carbonyl (C=O) groups excluding carboxylic acids is 1. The van der Waals surface area contributed by atoms with E-state index < -0.39 is 0 Å². The average molecular weight is 337 g/mol. The standard InChI is InChI=1S/C12H15BrClNOS/c13-6-4-9-3-1-2-7-15(9)12(16)11-10(14)5-8-17-11/h5,8-9H,1-4,6-7H2. The second-order valence-electron chi connectivity index (χ2n) is 4.22. The molecule has 2 heterocycles. The molecule has 0 aromatic carbocycles. The van der Waals surface area contributed by atoms with Crippen molar-refractivity contribution in [3.8, 4) is 0 Å². The molecule has 2 nitrogen and oxygen atoms in total. The van der Waals surface area contributed by atoms with Crippen LogP contribution in [0.4, 0.5) is 0 Å². The van der Waals surface area contributed by atoms with E-state index in [1.54, 1.807) is 6.07 Å². The third-order valence-electron chi connectivity index (χ3n) is 3.14. The van der Waals surface area contributed by atoms with E-state index in [2.05, 4.69) is 15.9 Å². The molecular weight excluding hydrogens is 322 g/mol. The summed E-state index contributed by atoms with van der Waals surface area (Å²) < 4.78 is 0. The molecule has 1 amide bonds. The number of likely N-dealkylation sites (tertiary alicyclic amines) is 1. The molecule has 1 aliphatic heterocycles. The van der Waals surface area contributed by atoms with Crippen molar-refractivity contribution in [1.82, 2.24) is 4.90 Å². The molecule has 1 saturated heterocycles. The Morgan fingerprint density at radius 3 is 3.06 bits per heavy atom. The molecule has 1 fully saturated rings. The Morgan fingerprint density at radius 2 is 2.41 bits per heavy atom. The van der Waals surface area contributed by atoms with Crippen LogP contribution < -0.4 is 0 Å². The minimum absolute atomic E-state index is 0.107. The first-order valence-electron chi connectivity index (χ1n) is 5.84. The predicted octanol–water partition coefficient (Wildman–Crippen LogP) is 4.18. The summed E-state index contributed by atoms with van der Waals surface area (Å²) in [6.45, 7) is 0.866. The molecule has 1 aromatic heterocycles. The van der Waals surface area contributed by atoms with Crippen LogP contribution >= 0.6 is 38.9 Å². The van der Waals surface area contributed by atoms with Gasteiger partial charge in [0.25, 0.3) is 5.91 Å². The highest BCUT2D eigenvalue weighted by atomic mass is 79.9. The minimum Gasteiger partial charge on any atom is -0.335 e. The lowest BCUT2D eigenvalue weighted by molar-refractivity contribution is 0.0615. The summed E-state index contributed by atoms with van der Waals surface area (Å²) in [7, 11) is 0. The minimum atomic E-state index is 0.107. The highest BCUT2D eigenvalue weighted by molar-refractivity contribution is 9.09. The number of amides is 1. The van der Waals surface area contributed by atoms with Crippen molar-refractivity contribution in [2.45, 2.75) is 31.7 Å². The first-order valence-corrected chi connectivity index (χ1v) is 8.22. The largest absolute Gasteiger partial charge is 0.335 e. The molecule has 1 unspecified atom stereocenters. The van der Waals surface area contributed by atoms with Crippen molar-refractivity contribution >= 4 is 44.8 Å². The van der Waals surface area contributed by atoms with E-state index in [0.29, 0.717) is 15.9 Å². The number of rotatable bonds is 3. The Hall–Kier alpha value is -0.0600. The van der Waals surface area contributed by atoms with Gasteiger partial charge in [0, 0.05) is 17.9 Å². The van der Waals surface area contributed by atoms with Gasteiger partial charge in [-0.15, -0.1) is 11.3 Å². The molecule has 17 heavy (non-hydrogen) atoms. The van der Waals surface area contributed by atoms with Gasteiger partial charge >= 0.3 is 0 Å². The van der Waals surface area contributed by atoms with E-state index in [1.807, 2.05) is 10.3 Å². The van der Waals surface area contributed by atoms with E-state index in [1.165, 1.54) is 17.8 Å². The van der Waals surface area contributed by atoms with Crippen LogP contribution in [0.5, 0.6) is 0 Å². The van der Waals surface area contributed by atoms with Crippen LogP contribution in [0.15, 0.2) is 11.4 Å². The maximum Gasteiger partial charge on any atom is 0.265 e.